The molecule has 1 saturated heterocycles. The first-order chi connectivity index (χ1) is 8.31. The Hall–Kier alpha value is -1.39. The minimum Gasteiger partial charge on any atom is -0.394 e. The van der Waals surface area contributed by atoms with E-state index >= 15 is 0 Å². The van der Waals surface area contributed by atoms with Crippen LogP contribution in [-0.4, -0.2) is 41.7 Å². The maximum absolute atomic E-state index is 11.7. The molecular weight excluding hydrogens is 216 g/mol. The van der Waals surface area contributed by atoms with Crippen LogP contribution < -0.4 is 5.32 Å². The Labute approximate surface area is 101 Å². The Morgan fingerprint density at radius 2 is 2.12 bits per heavy atom. The number of nitrogens with zero attached hydrogens (tertiary/aromatic N) is 1. The van der Waals surface area contributed by atoms with Gasteiger partial charge < -0.3 is 10.4 Å². The van der Waals surface area contributed by atoms with Crippen molar-refractivity contribution in [1.82, 2.24) is 10.2 Å². The molecule has 0 radical (unpaired) electrons. The van der Waals surface area contributed by atoms with Crippen LogP contribution in [0, 0.1) is 0 Å². The molecular formula is C13H18N2O2. The molecule has 1 aromatic carbocycles. The second kappa shape index (κ2) is 5.80. The van der Waals surface area contributed by atoms with Gasteiger partial charge in [0.25, 0.3) is 0 Å². The SMILES string of the molecule is O=C1NCCCN(Cc2ccccc2)C1CO. The number of carbonyl (C=O) groups excluding carboxylic acids is 1. The van der Waals surface area contributed by atoms with Crippen LogP contribution in [0.3, 0.4) is 0 Å². The Bertz CT molecular complexity index is 367. The van der Waals surface area contributed by atoms with Gasteiger partial charge in [-0.25, -0.2) is 0 Å². The second-order valence-corrected chi connectivity index (χ2v) is 4.30. The van der Waals surface area contributed by atoms with Crippen molar-refractivity contribution in [3.05, 3.63) is 35.9 Å². The molecule has 1 aliphatic rings. The fourth-order valence-electron chi connectivity index (χ4n) is 2.14. The van der Waals surface area contributed by atoms with Crippen LogP contribution >= 0.6 is 0 Å². The van der Waals surface area contributed by atoms with Crippen molar-refractivity contribution < 1.29 is 9.90 Å². The highest BCUT2D eigenvalue weighted by Gasteiger charge is 2.27. The molecule has 1 fully saturated rings. The first-order valence-electron chi connectivity index (χ1n) is 5.98. The third kappa shape index (κ3) is 3.05. The molecule has 2 rings (SSSR count). The first-order valence-corrected chi connectivity index (χ1v) is 5.98. The fourth-order valence-corrected chi connectivity index (χ4v) is 2.14. The standard InChI is InChI=1S/C13H18N2O2/c16-10-12-13(17)14-7-4-8-15(12)9-11-5-2-1-3-6-11/h1-3,5-6,12,16H,4,7-10H2,(H,14,17). The Morgan fingerprint density at radius 3 is 2.82 bits per heavy atom. The van der Waals surface area contributed by atoms with Gasteiger partial charge in [-0.05, 0) is 12.0 Å². The maximum atomic E-state index is 11.7. The van der Waals surface area contributed by atoms with Gasteiger partial charge in [-0.3, -0.25) is 9.69 Å². The number of hydrogen-bond acceptors (Lipinski definition) is 3. The van der Waals surface area contributed by atoms with Crippen LogP contribution in [0.2, 0.25) is 0 Å². The van der Waals surface area contributed by atoms with Crippen LogP contribution in [0.1, 0.15) is 12.0 Å². The number of amides is 1. The summed E-state index contributed by atoms with van der Waals surface area (Å²) in [7, 11) is 0. The lowest BCUT2D eigenvalue weighted by molar-refractivity contribution is -0.127. The van der Waals surface area contributed by atoms with Crippen LogP contribution in [0.5, 0.6) is 0 Å². The van der Waals surface area contributed by atoms with Crippen LogP contribution in [0.15, 0.2) is 30.3 Å². The van der Waals surface area contributed by atoms with Gasteiger partial charge in [0.15, 0.2) is 0 Å². The summed E-state index contributed by atoms with van der Waals surface area (Å²) in [6.07, 6.45) is 0.926. The van der Waals surface area contributed by atoms with Gasteiger partial charge in [0.2, 0.25) is 5.91 Å². The molecule has 1 aliphatic heterocycles. The summed E-state index contributed by atoms with van der Waals surface area (Å²) in [6, 6.07) is 9.61. The molecule has 0 spiro atoms. The Morgan fingerprint density at radius 1 is 1.35 bits per heavy atom. The van der Waals surface area contributed by atoms with E-state index in [0.29, 0.717) is 13.1 Å². The molecule has 2 N–H and O–H groups in total. The molecule has 4 heteroatoms. The van der Waals surface area contributed by atoms with Crippen LogP contribution in [0.4, 0.5) is 0 Å². The van der Waals surface area contributed by atoms with Crippen LogP contribution in [0.25, 0.3) is 0 Å². The number of aliphatic hydroxyl groups is 1. The summed E-state index contributed by atoms with van der Waals surface area (Å²) in [5.41, 5.74) is 1.17. The van der Waals surface area contributed by atoms with Crippen LogP contribution in [-0.2, 0) is 11.3 Å². The molecule has 1 aromatic rings. The molecule has 92 valence electrons. The van der Waals surface area contributed by atoms with E-state index in [-0.39, 0.29) is 12.5 Å². The molecule has 1 atom stereocenters. The Balaban J connectivity index is 2.09. The predicted octanol–water partition coefficient (Wildman–Crippen LogP) is 0.369. The lowest BCUT2D eigenvalue weighted by atomic mass is 10.1. The zero-order chi connectivity index (χ0) is 12.1. The summed E-state index contributed by atoms with van der Waals surface area (Å²) in [4.78, 5) is 13.8. The second-order valence-electron chi connectivity index (χ2n) is 4.30. The maximum Gasteiger partial charge on any atom is 0.239 e. The molecule has 17 heavy (non-hydrogen) atoms. The minimum absolute atomic E-state index is 0.0686. The van der Waals surface area contributed by atoms with Gasteiger partial charge in [0.1, 0.15) is 6.04 Å². The van der Waals surface area contributed by atoms with Crippen molar-refractivity contribution in [2.45, 2.75) is 19.0 Å². The molecule has 0 bridgehead atoms. The summed E-state index contributed by atoms with van der Waals surface area (Å²) < 4.78 is 0. The predicted molar refractivity (Wildman–Crippen MR) is 65.4 cm³/mol. The lowest BCUT2D eigenvalue weighted by Gasteiger charge is -2.26. The smallest absolute Gasteiger partial charge is 0.239 e. The zero-order valence-corrected chi connectivity index (χ0v) is 9.80. The molecule has 1 heterocycles. The summed E-state index contributed by atoms with van der Waals surface area (Å²) >= 11 is 0. The van der Waals surface area contributed by atoms with Crippen molar-refractivity contribution in [3.8, 4) is 0 Å². The number of hydrogen-bond donors (Lipinski definition) is 2. The first kappa shape index (κ1) is 12.1. The number of carbonyl (C=O) groups is 1. The van der Waals surface area contributed by atoms with Crippen molar-refractivity contribution in [2.24, 2.45) is 0 Å². The number of rotatable bonds is 3. The highest BCUT2D eigenvalue weighted by atomic mass is 16.3. The quantitative estimate of drug-likeness (QED) is 0.794. The fraction of sp³-hybridized carbons (Fsp3) is 0.462. The van der Waals surface area contributed by atoms with Gasteiger partial charge in [0, 0.05) is 19.6 Å². The molecule has 0 saturated carbocycles. The van der Waals surface area contributed by atoms with Gasteiger partial charge in [-0.1, -0.05) is 30.3 Å². The van der Waals surface area contributed by atoms with E-state index in [4.69, 9.17) is 0 Å². The number of nitrogens with one attached hydrogen (secondary N) is 1. The minimum atomic E-state index is -0.419. The third-order valence-electron chi connectivity index (χ3n) is 3.07. The average molecular weight is 234 g/mol. The highest BCUT2D eigenvalue weighted by molar-refractivity contribution is 5.82. The molecule has 1 amide bonds. The van der Waals surface area contributed by atoms with Crippen molar-refractivity contribution in [3.63, 3.8) is 0 Å². The molecule has 1 unspecified atom stereocenters. The third-order valence-corrected chi connectivity index (χ3v) is 3.07. The van der Waals surface area contributed by atoms with Crippen molar-refractivity contribution in [1.29, 1.82) is 0 Å². The van der Waals surface area contributed by atoms with Crippen molar-refractivity contribution >= 4 is 5.91 Å². The van der Waals surface area contributed by atoms with E-state index in [1.165, 1.54) is 5.56 Å². The summed E-state index contributed by atoms with van der Waals surface area (Å²) in [5, 5.41) is 12.2. The number of aliphatic hydroxyl groups excluding tert-OH is 1. The topological polar surface area (TPSA) is 52.6 Å². The van der Waals surface area contributed by atoms with Gasteiger partial charge in [-0.2, -0.15) is 0 Å². The Kier molecular flexibility index (Phi) is 4.12. The average Bonchev–Trinajstić information content (AvgIpc) is 2.52. The van der Waals surface area contributed by atoms with E-state index < -0.39 is 6.04 Å². The monoisotopic (exact) mass is 234 g/mol. The summed E-state index contributed by atoms with van der Waals surface area (Å²) in [6.45, 7) is 2.11. The largest absolute Gasteiger partial charge is 0.394 e. The lowest BCUT2D eigenvalue weighted by Crippen LogP contribution is -2.46. The van der Waals surface area contributed by atoms with E-state index in [0.717, 1.165) is 13.0 Å². The number of benzene rings is 1. The normalized spacial score (nSPS) is 21.9. The van der Waals surface area contributed by atoms with Gasteiger partial charge >= 0.3 is 0 Å². The van der Waals surface area contributed by atoms with E-state index in [9.17, 15) is 9.90 Å². The van der Waals surface area contributed by atoms with Crippen molar-refractivity contribution in [2.75, 3.05) is 19.7 Å². The zero-order valence-electron chi connectivity index (χ0n) is 9.80. The van der Waals surface area contributed by atoms with E-state index in [2.05, 4.69) is 5.32 Å². The molecule has 4 nitrogen and oxygen atoms in total. The summed E-state index contributed by atoms with van der Waals surface area (Å²) in [5.74, 6) is -0.0686. The van der Waals surface area contributed by atoms with Gasteiger partial charge in [-0.15, -0.1) is 0 Å². The molecule has 0 aliphatic carbocycles. The highest BCUT2D eigenvalue weighted by Crippen LogP contribution is 2.11. The van der Waals surface area contributed by atoms with E-state index in [1.807, 2.05) is 35.2 Å². The molecule has 0 aromatic heterocycles. The van der Waals surface area contributed by atoms with Gasteiger partial charge in [0.05, 0.1) is 6.61 Å². The van der Waals surface area contributed by atoms with E-state index in [1.54, 1.807) is 0 Å².